The second-order valence-corrected chi connectivity index (χ2v) is 7.04. The van der Waals surface area contributed by atoms with E-state index in [-0.39, 0.29) is 16.6 Å². The molecule has 138 valence electrons. The summed E-state index contributed by atoms with van der Waals surface area (Å²) >= 11 is 6.10. The average molecular weight is 385 g/mol. The molecule has 3 heterocycles. The number of pyridine rings is 1. The number of H-pyrrole nitrogens is 1. The molecule has 1 fully saturated rings. The van der Waals surface area contributed by atoms with Crippen LogP contribution < -0.4 is 0 Å². The Morgan fingerprint density at radius 2 is 2.07 bits per heavy atom. The minimum Gasteiger partial charge on any atom is -0.346 e. The number of nitrogens with zero attached hydrogens (tertiary/aromatic N) is 3. The summed E-state index contributed by atoms with van der Waals surface area (Å²) in [4.78, 5) is 32.3. The number of aromatic amines is 1. The summed E-state index contributed by atoms with van der Waals surface area (Å²) in [6.07, 6.45) is 5.46. The molecule has 0 spiro atoms. The van der Waals surface area contributed by atoms with Crippen molar-refractivity contribution in [3.8, 4) is 0 Å². The SMILES string of the molecule is O=C(c1ccc([N+](=O)[O-])cc1Cl)N1CCC(c2c[nH]c3ncccc23)CC1. The number of carbonyl (C=O) groups is 1. The Kier molecular flexibility index (Phi) is 4.53. The number of nitrogens with one attached hydrogen (secondary N) is 1. The van der Waals surface area contributed by atoms with Gasteiger partial charge in [-0.1, -0.05) is 11.6 Å². The predicted octanol–water partition coefficient (Wildman–Crippen LogP) is 4.14. The van der Waals surface area contributed by atoms with Crippen LogP contribution in [-0.2, 0) is 0 Å². The van der Waals surface area contributed by atoms with Gasteiger partial charge in [0.15, 0.2) is 0 Å². The Balaban J connectivity index is 1.47. The number of fused-ring (bicyclic) bond motifs is 1. The van der Waals surface area contributed by atoms with Crippen LogP contribution in [0.1, 0.15) is 34.7 Å². The summed E-state index contributed by atoms with van der Waals surface area (Å²) in [7, 11) is 0. The van der Waals surface area contributed by atoms with Crippen molar-refractivity contribution in [1.82, 2.24) is 14.9 Å². The smallest absolute Gasteiger partial charge is 0.270 e. The molecule has 0 atom stereocenters. The lowest BCUT2D eigenvalue weighted by atomic mass is 9.89. The van der Waals surface area contributed by atoms with E-state index in [0.29, 0.717) is 24.6 Å². The first-order valence-electron chi connectivity index (χ1n) is 8.70. The fraction of sp³-hybridized carbons (Fsp3) is 0.263. The highest BCUT2D eigenvalue weighted by molar-refractivity contribution is 6.34. The van der Waals surface area contributed by atoms with E-state index in [0.717, 1.165) is 23.9 Å². The number of aromatic nitrogens is 2. The highest BCUT2D eigenvalue weighted by Gasteiger charge is 2.27. The molecule has 1 saturated heterocycles. The number of non-ortho nitro benzene ring substituents is 1. The fourth-order valence-corrected chi connectivity index (χ4v) is 3.93. The van der Waals surface area contributed by atoms with E-state index in [4.69, 9.17) is 11.6 Å². The number of rotatable bonds is 3. The van der Waals surface area contributed by atoms with Crippen molar-refractivity contribution in [2.24, 2.45) is 0 Å². The molecule has 0 unspecified atom stereocenters. The van der Waals surface area contributed by atoms with Gasteiger partial charge in [0.1, 0.15) is 5.65 Å². The predicted molar refractivity (Wildman–Crippen MR) is 102 cm³/mol. The Morgan fingerprint density at radius 3 is 2.78 bits per heavy atom. The van der Waals surface area contributed by atoms with Crippen LogP contribution in [0, 0.1) is 10.1 Å². The zero-order valence-corrected chi connectivity index (χ0v) is 15.1. The molecule has 8 heteroatoms. The quantitative estimate of drug-likeness (QED) is 0.542. The fourth-order valence-electron chi connectivity index (χ4n) is 3.67. The van der Waals surface area contributed by atoms with Gasteiger partial charge in [-0.3, -0.25) is 14.9 Å². The Hall–Kier alpha value is -2.93. The van der Waals surface area contributed by atoms with Gasteiger partial charge in [-0.15, -0.1) is 0 Å². The van der Waals surface area contributed by atoms with E-state index in [1.165, 1.54) is 23.8 Å². The molecular weight excluding hydrogens is 368 g/mol. The maximum absolute atomic E-state index is 12.8. The topological polar surface area (TPSA) is 92.1 Å². The summed E-state index contributed by atoms with van der Waals surface area (Å²) in [5, 5.41) is 12.1. The molecule has 0 bridgehead atoms. The van der Waals surface area contributed by atoms with Gasteiger partial charge < -0.3 is 9.88 Å². The molecule has 1 N–H and O–H groups in total. The molecule has 7 nitrogen and oxygen atoms in total. The lowest BCUT2D eigenvalue weighted by Crippen LogP contribution is -2.38. The molecule has 2 aromatic heterocycles. The normalized spacial score (nSPS) is 15.2. The van der Waals surface area contributed by atoms with Crippen LogP contribution in [0.25, 0.3) is 11.0 Å². The van der Waals surface area contributed by atoms with Gasteiger partial charge in [-0.2, -0.15) is 0 Å². The van der Waals surface area contributed by atoms with E-state index in [2.05, 4.69) is 16.0 Å². The van der Waals surface area contributed by atoms with Crippen molar-refractivity contribution in [3.05, 3.63) is 69.0 Å². The second kappa shape index (κ2) is 7.00. The minimum atomic E-state index is -0.526. The maximum Gasteiger partial charge on any atom is 0.270 e. The number of hydrogen-bond acceptors (Lipinski definition) is 4. The second-order valence-electron chi connectivity index (χ2n) is 6.63. The number of carbonyl (C=O) groups excluding carboxylic acids is 1. The Labute approximate surface area is 160 Å². The molecular formula is C19H17ClN4O3. The first-order valence-corrected chi connectivity index (χ1v) is 9.07. The summed E-state index contributed by atoms with van der Waals surface area (Å²) in [5.41, 5.74) is 2.29. The third-order valence-corrected chi connectivity index (χ3v) is 5.41. The zero-order chi connectivity index (χ0) is 19.0. The number of hydrogen-bond donors (Lipinski definition) is 1. The number of piperidine rings is 1. The van der Waals surface area contributed by atoms with Crippen LogP contribution in [0.4, 0.5) is 5.69 Å². The molecule has 27 heavy (non-hydrogen) atoms. The Morgan fingerprint density at radius 1 is 1.30 bits per heavy atom. The number of nitro groups is 1. The van der Waals surface area contributed by atoms with Gasteiger partial charge >= 0.3 is 0 Å². The third-order valence-electron chi connectivity index (χ3n) is 5.10. The van der Waals surface area contributed by atoms with Crippen LogP contribution in [0.15, 0.2) is 42.7 Å². The lowest BCUT2D eigenvalue weighted by Gasteiger charge is -2.32. The molecule has 1 aromatic carbocycles. The summed E-state index contributed by atoms with van der Waals surface area (Å²) in [6.45, 7) is 1.23. The zero-order valence-electron chi connectivity index (χ0n) is 14.4. The highest BCUT2D eigenvalue weighted by Crippen LogP contribution is 2.33. The van der Waals surface area contributed by atoms with Gasteiger partial charge in [0.25, 0.3) is 11.6 Å². The van der Waals surface area contributed by atoms with Crippen molar-refractivity contribution in [2.45, 2.75) is 18.8 Å². The van der Waals surface area contributed by atoms with E-state index >= 15 is 0 Å². The summed E-state index contributed by atoms with van der Waals surface area (Å²) in [6, 6.07) is 7.95. The van der Waals surface area contributed by atoms with Gasteiger partial charge in [0.2, 0.25) is 0 Å². The van der Waals surface area contributed by atoms with Crippen LogP contribution in [0.2, 0.25) is 5.02 Å². The molecule has 3 aromatic rings. The monoisotopic (exact) mass is 384 g/mol. The number of nitro benzene ring substituents is 1. The maximum atomic E-state index is 12.8. The Bertz CT molecular complexity index is 1020. The van der Waals surface area contributed by atoms with E-state index in [1.54, 1.807) is 11.1 Å². The van der Waals surface area contributed by atoms with Gasteiger partial charge in [0, 0.05) is 43.0 Å². The molecule has 0 aliphatic carbocycles. The summed E-state index contributed by atoms with van der Waals surface area (Å²) < 4.78 is 0. The third kappa shape index (κ3) is 3.26. The molecule has 0 radical (unpaired) electrons. The number of likely N-dealkylation sites (tertiary alicyclic amines) is 1. The van der Waals surface area contributed by atoms with Crippen molar-refractivity contribution in [3.63, 3.8) is 0 Å². The summed E-state index contributed by atoms with van der Waals surface area (Å²) in [5.74, 6) is 0.174. The lowest BCUT2D eigenvalue weighted by molar-refractivity contribution is -0.384. The van der Waals surface area contributed by atoms with E-state index in [9.17, 15) is 14.9 Å². The van der Waals surface area contributed by atoms with Crippen LogP contribution in [0.3, 0.4) is 0 Å². The minimum absolute atomic E-state index is 0.110. The standard InChI is InChI=1S/C19H17ClN4O3/c20-17-10-13(24(26)27)3-4-15(17)19(25)23-8-5-12(6-9-23)16-11-22-18-14(16)2-1-7-21-18/h1-4,7,10-12H,5-6,8-9H2,(H,21,22). The first kappa shape index (κ1) is 17.5. The number of amides is 1. The number of halogens is 1. The van der Waals surface area contributed by atoms with E-state index in [1.807, 2.05) is 12.3 Å². The number of benzene rings is 1. The van der Waals surface area contributed by atoms with Gasteiger partial charge in [0.05, 0.1) is 15.5 Å². The molecule has 1 amide bonds. The van der Waals surface area contributed by atoms with Crippen molar-refractivity contribution < 1.29 is 9.72 Å². The van der Waals surface area contributed by atoms with Crippen molar-refractivity contribution in [1.29, 1.82) is 0 Å². The molecule has 4 rings (SSSR count). The molecule has 0 saturated carbocycles. The molecule has 1 aliphatic rings. The molecule has 1 aliphatic heterocycles. The van der Waals surface area contributed by atoms with Crippen molar-refractivity contribution >= 4 is 34.2 Å². The van der Waals surface area contributed by atoms with E-state index < -0.39 is 4.92 Å². The first-order chi connectivity index (χ1) is 13.0. The largest absolute Gasteiger partial charge is 0.346 e. The van der Waals surface area contributed by atoms with Crippen LogP contribution >= 0.6 is 11.6 Å². The van der Waals surface area contributed by atoms with Gasteiger partial charge in [-0.25, -0.2) is 4.98 Å². The van der Waals surface area contributed by atoms with Crippen molar-refractivity contribution in [2.75, 3.05) is 13.1 Å². The highest BCUT2D eigenvalue weighted by atomic mass is 35.5. The van der Waals surface area contributed by atoms with Gasteiger partial charge in [-0.05, 0) is 42.5 Å². The average Bonchev–Trinajstić information content (AvgIpc) is 3.11. The van der Waals surface area contributed by atoms with Crippen LogP contribution in [-0.4, -0.2) is 38.8 Å². The van der Waals surface area contributed by atoms with Crippen LogP contribution in [0.5, 0.6) is 0 Å².